The summed E-state index contributed by atoms with van der Waals surface area (Å²) >= 11 is 0. The van der Waals surface area contributed by atoms with E-state index in [-0.39, 0.29) is 0 Å². The average molecular weight is 231 g/mol. The van der Waals surface area contributed by atoms with Gasteiger partial charge in [-0.15, -0.1) is 0 Å². The zero-order valence-corrected chi connectivity index (χ0v) is 11.6. The van der Waals surface area contributed by atoms with Gasteiger partial charge in [-0.05, 0) is 59.8 Å². The first kappa shape index (κ1) is 12.5. The van der Waals surface area contributed by atoms with Crippen molar-refractivity contribution in [1.29, 1.82) is 0 Å². The minimum atomic E-state index is 0.344. The lowest BCUT2D eigenvalue weighted by Crippen LogP contribution is -2.36. The quantitative estimate of drug-likeness (QED) is 0.747. The predicted molar refractivity (Wildman–Crippen MR) is 75.3 cm³/mol. The molecule has 0 heterocycles. The molecule has 0 spiro atoms. The summed E-state index contributed by atoms with van der Waals surface area (Å²) in [5.74, 6) is 1.37. The van der Waals surface area contributed by atoms with Crippen molar-refractivity contribution in [2.45, 2.75) is 58.3 Å². The van der Waals surface area contributed by atoms with E-state index in [1.54, 1.807) is 0 Å². The average Bonchev–Trinajstić information content (AvgIpc) is 2.29. The Hall–Kier alpha value is -0.980. The van der Waals surface area contributed by atoms with Crippen molar-refractivity contribution >= 4 is 5.69 Å². The third kappa shape index (κ3) is 1.86. The van der Waals surface area contributed by atoms with Gasteiger partial charge in [-0.2, -0.15) is 0 Å². The molecule has 1 aromatic rings. The standard InChI is InChI=1S/C16H25N/c1-5-16(11(2)3)9-8-12(4)14-7-6-13(17)10-15(14)16/h6-7,10-12H,5,8-9,17H2,1-4H3. The second kappa shape index (κ2) is 4.36. The summed E-state index contributed by atoms with van der Waals surface area (Å²) in [4.78, 5) is 0. The largest absolute Gasteiger partial charge is 0.399 e. The van der Waals surface area contributed by atoms with E-state index in [2.05, 4.69) is 45.9 Å². The smallest absolute Gasteiger partial charge is 0.0317 e. The van der Waals surface area contributed by atoms with Gasteiger partial charge in [0.2, 0.25) is 0 Å². The number of hydrogen-bond acceptors (Lipinski definition) is 1. The van der Waals surface area contributed by atoms with Crippen LogP contribution in [0.2, 0.25) is 0 Å². The van der Waals surface area contributed by atoms with Crippen LogP contribution in [0.4, 0.5) is 5.69 Å². The molecule has 2 rings (SSSR count). The van der Waals surface area contributed by atoms with Gasteiger partial charge < -0.3 is 5.73 Å². The van der Waals surface area contributed by atoms with E-state index in [0.29, 0.717) is 17.3 Å². The van der Waals surface area contributed by atoms with Crippen LogP contribution in [0.3, 0.4) is 0 Å². The number of anilines is 1. The first-order chi connectivity index (χ1) is 8.01. The number of nitrogens with two attached hydrogens (primary N) is 1. The van der Waals surface area contributed by atoms with Crippen LogP contribution < -0.4 is 5.73 Å². The highest BCUT2D eigenvalue weighted by molar-refractivity contribution is 5.50. The topological polar surface area (TPSA) is 26.0 Å². The van der Waals surface area contributed by atoms with Crippen molar-refractivity contribution in [2.75, 3.05) is 5.73 Å². The minimum Gasteiger partial charge on any atom is -0.399 e. The molecule has 1 nitrogen and oxygen atoms in total. The number of hydrogen-bond donors (Lipinski definition) is 1. The predicted octanol–water partition coefficient (Wildman–Crippen LogP) is 4.47. The van der Waals surface area contributed by atoms with Crippen LogP contribution in [-0.2, 0) is 5.41 Å². The van der Waals surface area contributed by atoms with Crippen molar-refractivity contribution in [1.82, 2.24) is 0 Å². The van der Waals surface area contributed by atoms with Gasteiger partial charge in [-0.25, -0.2) is 0 Å². The van der Waals surface area contributed by atoms with E-state index in [1.807, 2.05) is 0 Å². The van der Waals surface area contributed by atoms with Gasteiger partial charge >= 0.3 is 0 Å². The fourth-order valence-electron chi connectivity index (χ4n) is 3.57. The highest BCUT2D eigenvalue weighted by Gasteiger charge is 2.39. The Morgan fingerprint density at radius 1 is 1.41 bits per heavy atom. The van der Waals surface area contributed by atoms with Crippen molar-refractivity contribution in [3.63, 3.8) is 0 Å². The fraction of sp³-hybridized carbons (Fsp3) is 0.625. The van der Waals surface area contributed by atoms with Crippen LogP contribution in [-0.4, -0.2) is 0 Å². The molecule has 1 aromatic carbocycles. The van der Waals surface area contributed by atoms with E-state index in [1.165, 1.54) is 30.4 Å². The molecule has 1 aliphatic rings. The van der Waals surface area contributed by atoms with Crippen LogP contribution >= 0.6 is 0 Å². The molecular weight excluding hydrogens is 206 g/mol. The molecule has 0 bridgehead atoms. The molecule has 0 radical (unpaired) electrons. The molecule has 2 N–H and O–H groups in total. The van der Waals surface area contributed by atoms with E-state index < -0.39 is 0 Å². The number of fused-ring (bicyclic) bond motifs is 1. The summed E-state index contributed by atoms with van der Waals surface area (Å²) in [5.41, 5.74) is 10.3. The van der Waals surface area contributed by atoms with Crippen LogP contribution in [0, 0.1) is 5.92 Å². The maximum Gasteiger partial charge on any atom is 0.0317 e. The summed E-state index contributed by atoms with van der Waals surface area (Å²) in [6.07, 6.45) is 3.83. The second-order valence-corrected chi connectivity index (χ2v) is 5.95. The van der Waals surface area contributed by atoms with Gasteiger partial charge in [0.1, 0.15) is 0 Å². The van der Waals surface area contributed by atoms with Gasteiger partial charge in [0.15, 0.2) is 0 Å². The Kier molecular flexibility index (Phi) is 3.20. The van der Waals surface area contributed by atoms with Crippen molar-refractivity contribution in [2.24, 2.45) is 5.92 Å². The summed E-state index contributed by atoms with van der Waals surface area (Å²) < 4.78 is 0. The Morgan fingerprint density at radius 3 is 2.71 bits per heavy atom. The molecule has 1 aliphatic carbocycles. The summed E-state index contributed by atoms with van der Waals surface area (Å²) in [7, 11) is 0. The van der Waals surface area contributed by atoms with Crippen molar-refractivity contribution in [3.8, 4) is 0 Å². The van der Waals surface area contributed by atoms with Gasteiger partial charge in [0.25, 0.3) is 0 Å². The third-order valence-electron chi connectivity index (χ3n) is 4.90. The van der Waals surface area contributed by atoms with E-state index in [4.69, 9.17) is 5.73 Å². The molecule has 0 saturated carbocycles. The Labute approximate surface area is 105 Å². The summed E-state index contributed by atoms with van der Waals surface area (Å²) in [6, 6.07) is 6.54. The Balaban J connectivity index is 2.61. The fourth-order valence-corrected chi connectivity index (χ4v) is 3.57. The molecule has 2 atom stereocenters. The highest BCUT2D eigenvalue weighted by atomic mass is 14.6. The SMILES string of the molecule is CCC1(C(C)C)CCC(C)c2ccc(N)cc21. The van der Waals surface area contributed by atoms with E-state index >= 15 is 0 Å². The Bertz CT molecular complexity index is 408. The van der Waals surface area contributed by atoms with Crippen LogP contribution in [0.25, 0.3) is 0 Å². The molecule has 17 heavy (non-hydrogen) atoms. The van der Waals surface area contributed by atoms with Gasteiger partial charge in [-0.1, -0.05) is 33.8 Å². The Morgan fingerprint density at radius 2 is 2.12 bits per heavy atom. The second-order valence-electron chi connectivity index (χ2n) is 5.95. The zero-order valence-electron chi connectivity index (χ0n) is 11.6. The van der Waals surface area contributed by atoms with Gasteiger partial charge in [0.05, 0.1) is 0 Å². The number of benzene rings is 1. The lowest BCUT2D eigenvalue weighted by atomic mass is 9.60. The molecule has 0 fully saturated rings. The molecule has 0 aliphatic heterocycles. The third-order valence-corrected chi connectivity index (χ3v) is 4.90. The first-order valence-electron chi connectivity index (χ1n) is 6.91. The van der Waals surface area contributed by atoms with Gasteiger partial charge in [0, 0.05) is 5.69 Å². The molecule has 0 amide bonds. The highest BCUT2D eigenvalue weighted by Crippen LogP contribution is 2.49. The zero-order chi connectivity index (χ0) is 12.6. The molecule has 1 heteroatoms. The first-order valence-corrected chi connectivity index (χ1v) is 6.91. The maximum absolute atomic E-state index is 6.00. The lowest BCUT2D eigenvalue weighted by molar-refractivity contribution is 0.243. The van der Waals surface area contributed by atoms with Crippen molar-refractivity contribution in [3.05, 3.63) is 29.3 Å². The summed E-state index contributed by atoms with van der Waals surface area (Å²) in [6.45, 7) is 9.37. The molecular formula is C16H25N. The molecule has 94 valence electrons. The van der Waals surface area contributed by atoms with Crippen LogP contribution in [0.15, 0.2) is 18.2 Å². The minimum absolute atomic E-state index is 0.344. The molecule has 0 saturated heterocycles. The van der Waals surface area contributed by atoms with Gasteiger partial charge in [-0.3, -0.25) is 0 Å². The summed E-state index contributed by atoms with van der Waals surface area (Å²) in [5, 5.41) is 0. The molecule has 0 aromatic heterocycles. The van der Waals surface area contributed by atoms with Crippen molar-refractivity contribution < 1.29 is 0 Å². The maximum atomic E-state index is 6.00. The normalized spacial score (nSPS) is 28.2. The lowest BCUT2D eigenvalue weighted by Gasteiger charge is -2.44. The monoisotopic (exact) mass is 231 g/mol. The number of rotatable bonds is 2. The van der Waals surface area contributed by atoms with E-state index in [0.717, 1.165) is 5.69 Å². The molecule has 2 unspecified atom stereocenters. The van der Waals surface area contributed by atoms with Crippen LogP contribution in [0.1, 0.15) is 64.0 Å². The van der Waals surface area contributed by atoms with E-state index in [9.17, 15) is 0 Å². The van der Waals surface area contributed by atoms with Crippen LogP contribution in [0.5, 0.6) is 0 Å². The number of nitrogen functional groups attached to an aromatic ring is 1.